The number of amides is 1. The monoisotopic (exact) mass is 359 g/mol. The number of allylic oxidation sites excluding steroid dienone is 6. The van der Waals surface area contributed by atoms with Crippen LogP contribution in [0.5, 0.6) is 0 Å². The minimum absolute atomic E-state index is 0.240. The molecule has 0 aromatic carbocycles. The maximum absolute atomic E-state index is 12.9. The Kier molecular flexibility index (Phi) is 12.8. The van der Waals surface area contributed by atoms with E-state index in [1.54, 1.807) is 0 Å². The van der Waals surface area contributed by atoms with Crippen LogP contribution in [0.15, 0.2) is 47.6 Å². The number of rotatable bonds is 12. The van der Waals surface area contributed by atoms with Gasteiger partial charge in [0.05, 0.1) is 6.42 Å². The first-order valence-electron chi connectivity index (χ1n) is 10.2. The molecule has 0 aliphatic rings. The van der Waals surface area contributed by atoms with E-state index in [-0.39, 0.29) is 5.91 Å². The van der Waals surface area contributed by atoms with E-state index in [2.05, 4.69) is 73.3 Å². The molecular formula is C24H41NO. The largest absolute Gasteiger partial charge is 0.343 e. The first-order valence-corrected chi connectivity index (χ1v) is 10.2. The lowest BCUT2D eigenvalue weighted by Crippen LogP contribution is -2.33. The summed E-state index contributed by atoms with van der Waals surface area (Å²) in [6.45, 7) is 20.4. The van der Waals surface area contributed by atoms with Gasteiger partial charge in [0.1, 0.15) is 0 Å². The molecule has 0 aromatic rings. The summed E-state index contributed by atoms with van der Waals surface area (Å²) in [4.78, 5) is 14.9. The van der Waals surface area contributed by atoms with E-state index in [1.165, 1.54) is 16.7 Å². The van der Waals surface area contributed by atoms with Crippen molar-refractivity contribution in [2.24, 2.45) is 11.8 Å². The Morgan fingerprint density at radius 1 is 1.15 bits per heavy atom. The topological polar surface area (TPSA) is 20.3 Å². The highest BCUT2D eigenvalue weighted by molar-refractivity contribution is 5.79. The van der Waals surface area contributed by atoms with Crippen molar-refractivity contribution in [1.82, 2.24) is 4.90 Å². The van der Waals surface area contributed by atoms with E-state index in [0.29, 0.717) is 18.3 Å². The standard InChI is InChI=1S/C24H41NO/c1-9-13-20(7)22(11-3)15-16-25(12-4)24(26)18-23(14-10-2)21(8)17-19(5)6/h9,13-14,17,19,22H,1,10-12,15-16,18H2,2-8H3/b20-13+,21-17-,23-14-. The predicted molar refractivity (Wildman–Crippen MR) is 116 cm³/mol. The van der Waals surface area contributed by atoms with Crippen molar-refractivity contribution in [3.8, 4) is 0 Å². The number of carbonyl (C=O) groups excluding carboxylic acids is 1. The summed E-state index contributed by atoms with van der Waals surface area (Å²) in [5.74, 6) is 1.25. The fourth-order valence-corrected chi connectivity index (χ4v) is 3.35. The smallest absolute Gasteiger partial charge is 0.226 e. The van der Waals surface area contributed by atoms with Gasteiger partial charge in [-0.3, -0.25) is 4.79 Å². The third kappa shape index (κ3) is 9.22. The minimum Gasteiger partial charge on any atom is -0.343 e. The van der Waals surface area contributed by atoms with Crippen LogP contribution >= 0.6 is 0 Å². The Hall–Kier alpha value is -1.57. The highest BCUT2D eigenvalue weighted by Gasteiger charge is 2.17. The van der Waals surface area contributed by atoms with Gasteiger partial charge in [0.15, 0.2) is 0 Å². The van der Waals surface area contributed by atoms with Crippen molar-refractivity contribution >= 4 is 5.91 Å². The summed E-state index contributed by atoms with van der Waals surface area (Å²) in [5.41, 5.74) is 3.77. The molecule has 0 saturated heterocycles. The van der Waals surface area contributed by atoms with E-state index in [0.717, 1.165) is 32.4 Å². The van der Waals surface area contributed by atoms with Crippen LogP contribution in [0.2, 0.25) is 0 Å². The van der Waals surface area contributed by atoms with Crippen LogP contribution in [-0.2, 0) is 4.79 Å². The summed E-state index contributed by atoms with van der Waals surface area (Å²) in [7, 11) is 0. The van der Waals surface area contributed by atoms with Gasteiger partial charge >= 0.3 is 0 Å². The molecule has 0 bridgehead atoms. The van der Waals surface area contributed by atoms with E-state index >= 15 is 0 Å². The van der Waals surface area contributed by atoms with Gasteiger partial charge in [-0.15, -0.1) is 0 Å². The molecule has 0 aromatic heterocycles. The number of hydrogen-bond donors (Lipinski definition) is 0. The molecule has 0 radical (unpaired) electrons. The highest BCUT2D eigenvalue weighted by Crippen LogP contribution is 2.21. The zero-order valence-electron chi connectivity index (χ0n) is 18.3. The molecule has 0 rings (SSSR count). The fraction of sp³-hybridized carbons (Fsp3) is 0.625. The van der Waals surface area contributed by atoms with Crippen LogP contribution in [-0.4, -0.2) is 23.9 Å². The van der Waals surface area contributed by atoms with E-state index in [9.17, 15) is 4.79 Å². The number of hydrogen-bond acceptors (Lipinski definition) is 1. The average Bonchev–Trinajstić information content (AvgIpc) is 2.57. The second-order valence-electron chi connectivity index (χ2n) is 7.42. The second-order valence-corrected chi connectivity index (χ2v) is 7.42. The Bertz CT molecular complexity index is 522. The molecule has 2 nitrogen and oxygen atoms in total. The van der Waals surface area contributed by atoms with Crippen LogP contribution < -0.4 is 0 Å². The third-order valence-electron chi connectivity index (χ3n) is 4.88. The molecule has 148 valence electrons. The van der Waals surface area contributed by atoms with Crippen molar-refractivity contribution in [3.63, 3.8) is 0 Å². The maximum Gasteiger partial charge on any atom is 0.226 e. The van der Waals surface area contributed by atoms with Gasteiger partial charge in [-0.05, 0) is 57.4 Å². The minimum atomic E-state index is 0.240. The zero-order chi connectivity index (χ0) is 20.1. The van der Waals surface area contributed by atoms with Crippen LogP contribution in [0.3, 0.4) is 0 Å². The van der Waals surface area contributed by atoms with Gasteiger partial charge in [-0.2, -0.15) is 0 Å². The van der Waals surface area contributed by atoms with Gasteiger partial charge in [0.25, 0.3) is 0 Å². The lowest BCUT2D eigenvalue weighted by molar-refractivity contribution is -0.130. The van der Waals surface area contributed by atoms with Crippen molar-refractivity contribution in [2.75, 3.05) is 13.1 Å². The summed E-state index contributed by atoms with van der Waals surface area (Å²) >= 11 is 0. The van der Waals surface area contributed by atoms with Gasteiger partial charge in [-0.1, -0.05) is 69.7 Å². The van der Waals surface area contributed by atoms with Gasteiger partial charge in [-0.25, -0.2) is 0 Å². The summed E-state index contributed by atoms with van der Waals surface area (Å²) in [5, 5.41) is 0. The van der Waals surface area contributed by atoms with E-state index in [1.807, 2.05) is 11.0 Å². The molecule has 1 unspecified atom stereocenters. The van der Waals surface area contributed by atoms with Crippen molar-refractivity contribution in [3.05, 3.63) is 47.6 Å². The quantitative estimate of drug-likeness (QED) is 0.354. The molecular weight excluding hydrogens is 318 g/mol. The number of nitrogens with zero attached hydrogens (tertiary/aromatic N) is 1. The zero-order valence-corrected chi connectivity index (χ0v) is 18.3. The summed E-state index contributed by atoms with van der Waals surface area (Å²) in [6, 6.07) is 0. The van der Waals surface area contributed by atoms with Crippen LogP contribution in [0.4, 0.5) is 0 Å². The Morgan fingerprint density at radius 2 is 1.81 bits per heavy atom. The molecule has 1 amide bonds. The molecule has 1 atom stereocenters. The molecule has 2 heteroatoms. The average molecular weight is 360 g/mol. The van der Waals surface area contributed by atoms with Gasteiger partial charge in [0, 0.05) is 13.1 Å². The lowest BCUT2D eigenvalue weighted by atomic mass is 9.93. The molecule has 0 aliphatic carbocycles. The van der Waals surface area contributed by atoms with Crippen molar-refractivity contribution < 1.29 is 4.79 Å². The molecule has 0 aliphatic heterocycles. The first-order chi connectivity index (χ1) is 12.3. The van der Waals surface area contributed by atoms with E-state index in [4.69, 9.17) is 0 Å². The molecule has 26 heavy (non-hydrogen) atoms. The second kappa shape index (κ2) is 13.6. The fourth-order valence-electron chi connectivity index (χ4n) is 3.35. The number of carbonyl (C=O) groups is 1. The Balaban J connectivity index is 5.03. The molecule has 0 N–H and O–H groups in total. The van der Waals surface area contributed by atoms with Gasteiger partial charge in [0.2, 0.25) is 5.91 Å². The first kappa shape index (κ1) is 24.4. The molecule has 0 fully saturated rings. The van der Waals surface area contributed by atoms with Crippen LogP contribution in [0, 0.1) is 11.8 Å². The predicted octanol–water partition coefficient (Wildman–Crippen LogP) is 6.71. The third-order valence-corrected chi connectivity index (χ3v) is 4.88. The highest BCUT2D eigenvalue weighted by atomic mass is 16.2. The summed E-state index contributed by atoms with van der Waals surface area (Å²) < 4.78 is 0. The molecule has 0 heterocycles. The SMILES string of the molecule is C=C/C=C(\C)C(CC)CCN(CC)C(=O)CC(=C/CC)/C(C)=C\C(C)C. The van der Waals surface area contributed by atoms with Crippen LogP contribution in [0.25, 0.3) is 0 Å². The normalized spacial score (nSPS) is 14.5. The molecule has 0 saturated carbocycles. The Labute approximate surface area is 162 Å². The van der Waals surface area contributed by atoms with Crippen molar-refractivity contribution in [1.29, 1.82) is 0 Å². The van der Waals surface area contributed by atoms with Crippen molar-refractivity contribution in [2.45, 2.75) is 74.1 Å². The van der Waals surface area contributed by atoms with Crippen LogP contribution in [0.1, 0.15) is 74.1 Å². The Morgan fingerprint density at radius 3 is 2.27 bits per heavy atom. The lowest BCUT2D eigenvalue weighted by Gasteiger charge is -2.25. The van der Waals surface area contributed by atoms with E-state index < -0.39 is 0 Å². The molecule has 0 spiro atoms. The van der Waals surface area contributed by atoms with Gasteiger partial charge < -0.3 is 4.90 Å². The maximum atomic E-state index is 12.9. The summed E-state index contributed by atoms with van der Waals surface area (Å²) in [6.07, 6.45) is 12.0.